The summed E-state index contributed by atoms with van der Waals surface area (Å²) in [6, 6.07) is 11.0. The number of nitrogens with one attached hydrogen (secondary N) is 1. The minimum absolute atomic E-state index is 0.117. The molecular formula is C19H22N2O5. The number of para-hydroxylation sites is 1. The lowest BCUT2D eigenvalue weighted by atomic mass is 10.1. The smallest absolute Gasteiger partial charge is 0.238 e. The average Bonchev–Trinajstić information content (AvgIpc) is 3.08. The highest BCUT2D eigenvalue weighted by Crippen LogP contribution is 2.34. The van der Waals surface area contributed by atoms with Crippen LogP contribution >= 0.6 is 0 Å². The van der Waals surface area contributed by atoms with Crippen LogP contribution in [0.15, 0.2) is 36.4 Å². The van der Waals surface area contributed by atoms with E-state index in [9.17, 15) is 4.79 Å². The molecule has 0 aromatic heterocycles. The van der Waals surface area contributed by atoms with Gasteiger partial charge in [-0.1, -0.05) is 12.1 Å². The van der Waals surface area contributed by atoms with Crippen molar-refractivity contribution in [1.82, 2.24) is 4.90 Å². The number of hydrogen-bond donors (Lipinski definition) is 1. The van der Waals surface area contributed by atoms with Gasteiger partial charge in [-0.3, -0.25) is 9.69 Å². The van der Waals surface area contributed by atoms with Gasteiger partial charge in [0, 0.05) is 23.9 Å². The van der Waals surface area contributed by atoms with Gasteiger partial charge in [-0.25, -0.2) is 0 Å². The quantitative estimate of drug-likeness (QED) is 0.820. The molecule has 0 bridgehead atoms. The Labute approximate surface area is 152 Å². The van der Waals surface area contributed by atoms with Crippen molar-refractivity contribution in [2.75, 3.05) is 39.9 Å². The minimum atomic E-state index is -0.117. The Morgan fingerprint density at radius 1 is 1.15 bits per heavy atom. The van der Waals surface area contributed by atoms with Crippen LogP contribution in [0.25, 0.3) is 0 Å². The molecule has 0 saturated heterocycles. The number of ether oxygens (including phenoxy) is 4. The number of fused-ring (bicyclic) bond motifs is 1. The molecule has 1 N–H and O–H groups in total. The maximum absolute atomic E-state index is 12.3. The predicted molar refractivity (Wildman–Crippen MR) is 97.1 cm³/mol. The molecule has 1 aliphatic rings. The summed E-state index contributed by atoms with van der Waals surface area (Å²) >= 11 is 0. The lowest BCUT2D eigenvalue weighted by Crippen LogP contribution is -2.30. The summed E-state index contributed by atoms with van der Waals surface area (Å²) in [6.45, 7) is 0.988. The van der Waals surface area contributed by atoms with E-state index in [4.69, 9.17) is 18.9 Å². The van der Waals surface area contributed by atoms with E-state index in [1.54, 1.807) is 32.4 Å². The van der Waals surface area contributed by atoms with Crippen molar-refractivity contribution in [3.05, 3.63) is 42.0 Å². The van der Waals surface area contributed by atoms with Gasteiger partial charge in [0.05, 0.1) is 20.8 Å². The molecule has 1 amide bonds. The highest BCUT2D eigenvalue weighted by atomic mass is 16.7. The minimum Gasteiger partial charge on any atom is -0.493 e. The van der Waals surface area contributed by atoms with E-state index in [0.29, 0.717) is 35.2 Å². The number of methoxy groups -OCH3 is 2. The number of nitrogens with zero attached hydrogens (tertiary/aromatic N) is 1. The fraction of sp³-hybridized carbons (Fsp3) is 0.316. The van der Waals surface area contributed by atoms with E-state index >= 15 is 0 Å². The molecule has 2 aromatic rings. The SMILES string of the molecule is COc1cccc(CN(C)CC(=O)Nc2ccc3c(c2)OCO3)c1OC. The number of carbonyl (C=O) groups excluding carboxylic acids is 1. The van der Waals surface area contributed by atoms with Gasteiger partial charge in [-0.2, -0.15) is 0 Å². The largest absolute Gasteiger partial charge is 0.493 e. The molecule has 7 nitrogen and oxygen atoms in total. The number of benzene rings is 2. The second kappa shape index (κ2) is 7.97. The van der Waals surface area contributed by atoms with Crippen LogP contribution in [0.4, 0.5) is 5.69 Å². The maximum atomic E-state index is 12.3. The van der Waals surface area contributed by atoms with Crippen LogP contribution in [-0.2, 0) is 11.3 Å². The van der Waals surface area contributed by atoms with Gasteiger partial charge in [0.1, 0.15) is 0 Å². The zero-order valence-corrected chi connectivity index (χ0v) is 15.1. The zero-order valence-electron chi connectivity index (χ0n) is 15.1. The third kappa shape index (κ3) is 4.00. The number of rotatable bonds is 7. The van der Waals surface area contributed by atoms with Crippen molar-refractivity contribution in [3.63, 3.8) is 0 Å². The Hall–Kier alpha value is -2.93. The molecule has 0 unspecified atom stereocenters. The van der Waals surface area contributed by atoms with E-state index in [1.165, 1.54) is 0 Å². The number of hydrogen-bond acceptors (Lipinski definition) is 6. The number of anilines is 1. The molecule has 0 fully saturated rings. The van der Waals surface area contributed by atoms with Gasteiger partial charge in [0.2, 0.25) is 12.7 Å². The molecule has 3 rings (SSSR count). The number of amides is 1. The first-order valence-corrected chi connectivity index (χ1v) is 8.18. The lowest BCUT2D eigenvalue weighted by Gasteiger charge is -2.19. The molecule has 1 aliphatic heterocycles. The Morgan fingerprint density at radius 3 is 2.73 bits per heavy atom. The first kappa shape index (κ1) is 17.9. The van der Waals surface area contributed by atoms with Crippen molar-refractivity contribution < 1.29 is 23.7 Å². The Kier molecular flexibility index (Phi) is 5.48. The molecular weight excluding hydrogens is 336 g/mol. The summed E-state index contributed by atoms with van der Waals surface area (Å²) in [5.74, 6) is 2.55. The van der Waals surface area contributed by atoms with Crippen LogP contribution in [0.3, 0.4) is 0 Å². The zero-order chi connectivity index (χ0) is 18.5. The van der Waals surface area contributed by atoms with Crippen molar-refractivity contribution in [2.45, 2.75) is 6.54 Å². The van der Waals surface area contributed by atoms with E-state index < -0.39 is 0 Å². The third-order valence-electron chi connectivity index (χ3n) is 3.99. The van der Waals surface area contributed by atoms with Gasteiger partial charge >= 0.3 is 0 Å². The van der Waals surface area contributed by atoms with E-state index in [-0.39, 0.29) is 19.2 Å². The van der Waals surface area contributed by atoms with Gasteiger partial charge in [-0.05, 0) is 25.2 Å². The second-order valence-electron chi connectivity index (χ2n) is 5.94. The first-order chi connectivity index (χ1) is 12.6. The highest BCUT2D eigenvalue weighted by molar-refractivity contribution is 5.92. The highest BCUT2D eigenvalue weighted by Gasteiger charge is 2.16. The van der Waals surface area contributed by atoms with Crippen LogP contribution in [0.2, 0.25) is 0 Å². The normalized spacial score (nSPS) is 12.2. The van der Waals surface area contributed by atoms with Crippen molar-refractivity contribution in [1.29, 1.82) is 0 Å². The monoisotopic (exact) mass is 358 g/mol. The maximum Gasteiger partial charge on any atom is 0.238 e. The average molecular weight is 358 g/mol. The lowest BCUT2D eigenvalue weighted by molar-refractivity contribution is -0.117. The molecule has 0 spiro atoms. The molecule has 138 valence electrons. The number of likely N-dealkylation sites (N-methyl/N-ethyl adjacent to an activating group) is 1. The van der Waals surface area contributed by atoms with Gasteiger partial charge in [-0.15, -0.1) is 0 Å². The summed E-state index contributed by atoms with van der Waals surface area (Å²) in [4.78, 5) is 14.2. The molecule has 0 radical (unpaired) electrons. The fourth-order valence-electron chi connectivity index (χ4n) is 2.84. The topological polar surface area (TPSA) is 69.3 Å². The van der Waals surface area contributed by atoms with E-state index in [0.717, 1.165) is 5.56 Å². The Bertz CT molecular complexity index is 793. The van der Waals surface area contributed by atoms with Gasteiger partial charge in [0.25, 0.3) is 0 Å². The Morgan fingerprint density at radius 2 is 1.96 bits per heavy atom. The summed E-state index contributed by atoms with van der Waals surface area (Å²) in [5, 5.41) is 2.87. The second-order valence-corrected chi connectivity index (χ2v) is 5.94. The third-order valence-corrected chi connectivity index (χ3v) is 3.99. The van der Waals surface area contributed by atoms with Crippen LogP contribution in [0.5, 0.6) is 23.0 Å². The fourth-order valence-corrected chi connectivity index (χ4v) is 2.84. The summed E-state index contributed by atoms with van der Waals surface area (Å²) < 4.78 is 21.3. The van der Waals surface area contributed by atoms with Crippen LogP contribution in [0.1, 0.15) is 5.56 Å². The van der Waals surface area contributed by atoms with Crippen LogP contribution in [0, 0.1) is 0 Å². The summed E-state index contributed by atoms with van der Waals surface area (Å²) in [7, 11) is 5.08. The molecule has 0 aliphatic carbocycles. The van der Waals surface area contributed by atoms with Gasteiger partial charge < -0.3 is 24.3 Å². The van der Waals surface area contributed by atoms with Crippen LogP contribution < -0.4 is 24.3 Å². The molecule has 1 heterocycles. The van der Waals surface area contributed by atoms with Crippen molar-refractivity contribution in [2.24, 2.45) is 0 Å². The molecule has 26 heavy (non-hydrogen) atoms. The molecule has 7 heteroatoms. The summed E-state index contributed by atoms with van der Waals surface area (Å²) in [6.07, 6.45) is 0. The van der Waals surface area contributed by atoms with Crippen LogP contribution in [-0.4, -0.2) is 45.4 Å². The molecule has 0 saturated carbocycles. The van der Waals surface area contributed by atoms with Crippen molar-refractivity contribution >= 4 is 11.6 Å². The Balaban J connectivity index is 1.59. The first-order valence-electron chi connectivity index (χ1n) is 8.18. The van der Waals surface area contributed by atoms with E-state index in [2.05, 4.69) is 5.32 Å². The molecule has 0 atom stereocenters. The standard InChI is InChI=1S/C19H22N2O5/c1-21(10-13-5-4-6-16(23-2)19(13)24-3)11-18(22)20-14-7-8-15-17(9-14)26-12-25-15/h4-9H,10-12H2,1-3H3,(H,20,22). The van der Waals surface area contributed by atoms with E-state index in [1.807, 2.05) is 30.1 Å². The summed E-state index contributed by atoms with van der Waals surface area (Å²) in [5.41, 5.74) is 1.62. The predicted octanol–water partition coefficient (Wildman–Crippen LogP) is 2.50. The molecule has 2 aromatic carbocycles. The van der Waals surface area contributed by atoms with Crippen molar-refractivity contribution in [3.8, 4) is 23.0 Å². The van der Waals surface area contributed by atoms with Gasteiger partial charge in [0.15, 0.2) is 23.0 Å². The number of carbonyl (C=O) groups is 1.